The van der Waals surface area contributed by atoms with Crippen molar-refractivity contribution in [3.63, 3.8) is 0 Å². The summed E-state index contributed by atoms with van der Waals surface area (Å²) in [6, 6.07) is 10.8. The van der Waals surface area contributed by atoms with Crippen molar-refractivity contribution in [3.05, 3.63) is 47.5 Å². The highest BCUT2D eigenvalue weighted by Crippen LogP contribution is 2.32. The number of hydrogen-bond acceptors (Lipinski definition) is 5. The van der Waals surface area contributed by atoms with Gasteiger partial charge in [0.15, 0.2) is 11.5 Å². The van der Waals surface area contributed by atoms with E-state index in [0.717, 1.165) is 22.7 Å². The number of carbonyl (C=O) groups excluding carboxylic acids is 1. The van der Waals surface area contributed by atoms with Gasteiger partial charge in [-0.3, -0.25) is 4.79 Å². The van der Waals surface area contributed by atoms with E-state index in [2.05, 4.69) is 5.32 Å². The Balaban J connectivity index is 1.73. The van der Waals surface area contributed by atoms with Gasteiger partial charge in [-0.1, -0.05) is 6.07 Å². The maximum absolute atomic E-state index is 11.3. The van der Waals surface area contributed by atoms with Crippen LogP contribution in [0.1, 0.15) is 15.9 Å². The van der Waals surface area contributed by atoms with E-state index >= 15 is 0 Å². The zero-order valence-corrected chi connectivity index (χ0v) is 11.3. The number of anilines is 2. The molecular weight excluding hydrogens is 270 g/mol. The second kappa shape index (κ2) is 5.24. The maximum Gasteiger partial charge on any atom is 0.250 e. The number of hydrogen-bond donors (Lipinski definition) is 3. The third-order valence-electron chi connectivity index (χ3n) is 3.25. The standard InChI is InChI=1S/C15H15N3O3/c16-12-3-2-10(6-11(12)15(17)19)18-7-9-1-4-13-14(5-9)21-8-20-13/h1-6,18H,7-8,16H2,(H2,17,19). The van der Waals surface area contributed by atoms with Crippen LogP contribution < -0.4 is 26.3 Å². The van der Waals surface area contributed by atoms with Gasteiger partial charge in [-0.25, -0.2) is 0 Å². The molecule has 0 aliphatic carbocycles. The number of primary amides is 1. The van der Waals surface area contributed by atoms with Crippen LogP contribution in [0.5, 0.6) is 11.5 Å². The number of amides is 1. The molecule has 1 heterocycles. The summed E-state index contributed by atoms with van der Waals surface area (Å²) in [5.74, 6) is 0.950. The van der Waals surface area contributed by atoms with Crippen LogP contribution in [0.4, 0.5) is 11.4 Å². The first kappa shape index (κ1) is 13.1. The summed E-state index contributed by atoms with van der Waals surface area (Å²) < 4.78 is 10.6. The largest absolute Gasteiger partial charge is 0.454 e. The molecule has 6 heteroatoms. The fraction of sp³-hybridized carbons (Fsp3) is 0.133. The molecule has 3 rings (SSSR count). The van der Waals surface area contributed by atoms with Crippen LogP contribution in [0.3, 0.4) is 0 Å². The SMILES string of the molecule is NC(=O)c1cc(NCc2ccc3c(c2)OCO3)ccc1N. The van der Waals surface area contributed by atoms with Crippen LogP contribution in [0.25, 0.3) is 0 Å². The van der Waals surface area contributed by atoms with Gasteiger partial charge in [0.1, 0.15) is 0 Å². The Hall–Kier alpha value is -2.89. The Morgan fingerprint density at radius 1 is 1.14 bits per heavy atom. The normalized spacial score (nSPS) is 12.2. The van der Waals surface area contributed by atoms with Gasteiger partial charge in [0.2, 0.25) is 6.79 Å². The number of ether oxygens (including phenoxy) is 2. The van der Waals surface area contributed by atoms with Gasteiger partial charge in [-0.2, -0.15) is 0 Å². The molecule has 1 amide bonds. The zero-order chi connectivity index (χ0) is 14.8. The van der Waals surface area contributed by atoms with Gasteiger partial charge >= 0.3 is 0 Å². The van der Waals surface area contributed by atoms with E-state index in [1.165, 1.54) is 0 Å². The van der Waals surface area contributed by atoms with E-state index in [4.69, 9.17) is 20.9 Å². The fourth-order valence-electron chi connectivity index (χ4n) is 2.13. The monoisotopic (exact) mass is 285 g/mol. The highest BCUT2D eigenvalue weighted by atomic mass is 16.7. The summed E-state index contributed by atoms with van der Waals surface area (Å²) in [7, 11) is 0. The van der Waals surface area contributed by atoms with Crippen LogP contribution in [-0.4, -0.2) is 12.7 Å². The molecule has 0 atom stereocenters. The molecule has 2 aromatic carbocycles. The summed E-state index contributed by atoms with van der Waals surface area (Å²) in [6.45, 7) is 0.838. The molecule has 6 nitrogen and oxygen atoms in total. The molecule has 2 aromatic rings. The lowest BCUT2D eigenvalue weighted by Crippen LogP contribution is -2.14. The second-order valence-corrected chi connectivity index (χ2v) is 4.71. The van der Waals surface area contributed by atoms with Gasteiger partial charge < -0.3 is 26.3 Å². The van der Waals surface area contributed by atoms with Gasteiger partial charge in [-0.15, -0.1) is 0 Å². The summed E-state index contributed by atoms with van der Waals surface area (Å²) in [5, 5.41) is 3.21. The van der Waals surface area contributed by atoms with E-state index in [1.54, 1.807) is 18.2 Å². The summed E-state index contributed by atoms with van der Waals surface area (Å²) in [4.78, 5) is 11.3. The number of benzene rings is 2. The number of fused-ring (bicyclic) bond motifs is 1. The Labute approximate surface area is 121 Å². The number of rotatable bonds is 4. The van der Waals surface area contributed by atoms with E-state index < -0.39 is 5.91 Å². The minimum absolute atomic E-state index is 0.256. The molecule has 0 spiro atoms. The molecule has 0 aromatic heterocycles. The fourth-order valence-corrected chi connectivity index (χ4v) is 2.13. The summed E-state index contributed by atoms with van der Waals surface area (Å²) in [6.07, 6.45) is 0. The molecule has 21 heavy (non-hydrogen) atoms. The Morgan fingerprint density at radius 3 is 2.76 bits per heavy atom. The number of carbonyl (C=O) groups is 1. The Kier molecular flexibility index (Phi) is 3.27. The van der Waals surface area contributed by atoms with Crippen molar-refractivity contribution in [1.29, 1.82) is 0 Å². The first-order valence-electron chi connectivity index (χ1n) is 6.45. The van der Waals surface area contributed by atoms with Crippen molar-refractivity contribution in [2.24, 2.45) is 5.73 Å². The van der Waals surface area contributed by atoms with Crippen molar-refractivity contribution in [3.8, 4) is 11.5 Å². The lowest BCUT2D eigenvalue weighted by Gasteiger charge is -2.09. The second-order valence-electron chi connectivity index (χ2n) is 4.71. The van der Waals surface area contributed by atoms with Crippen molar-refractivity contribution >= 4 is 17.3 Å². The molecule has 0 radical (unpaired) electrons. The average Bonchev–Trinajstić information content (AvgIpc) is 2.93. The summed E-state index contributed by atoms with van der Waals surface area (Å²) >= 11 is 0. The van der Waals surface area contributed by atoms with Crippen molar-refractivity contribution in [2.75, 3.05) is 17.8 Å². The number of nitrogens with one attached hydrogen (secondary N) is 1. The molecule has 108 valence electrons. The van der Waals surface area contributed by atoms with Crippen molar-refractivity contribution in [1.82, 2.24) is 0 Å². The van der Waals surface area contributed by atoms with E-state index in [-0.39, 0.29) is 6.79 Å². The lowest BCUT2D eigenvalue weighted by molar-refractivity contribution is 0.100. The first-order chi connectivity index (χ1) is 10.1. The quantitative estimate of drug-likeness (QED) is 0.743. The van der Waals surface area contributed by atoms with E-state index in [9.17, 15) is 4.79 Å². The van der Waals surface area contributed by atoms with Gasteiger partial charge in [0.05, 0.1) is 5.56 Å². The van der Waals surface area contributed by atoms with Crippen LogP contribution >= 0.6 is 0 Å². The maximum atomic E-state index is 11.3. The van der Waals surface area contributed by atoms with E-state index in [0.29, 0.717) is 17.8 Å². The molecular formula is C15H15N3O3. The molecule has 1 aliphatic heterocycles. The predicted molar refractivity (Wildman–Crippen MR) is 79.3 cm³/mol. The minimum atomic E-state index is -0.542. The third kappa shape index (κ3) is 2.69. The minimum Gasteiger partial charge on any atom is -0.454 e. The van der Waals surface area contributed by atoms with Crippen molar-refractivity contribution in [2.45, 2.75) is 6.54 Å². The number of nitrogen functional groups attached to an aromatic ring is 1. The smallest absolute Gasteiger partial charge is 0.250 e. The van der Waals surface area contributed by atoms with Crippen LogP contribution in [-0.2, 0) is 6.54 Å². The van der Waals surface area contributed by atoms with Crippen molar-refractivity contribution < 1.29 is 14.3 Å². The molecule has 1 aliphatic rings. The van der Waals surface area contributed by atoms with Gasteiger partial charge in [-0.05, 0) is 35.9 Å². The Morgan fingerprint density at radius 2 is 1.95 bits per heavy atom. The predicted octanol–water partition coefficient (Wildman–Crippen LogP) is 1.71. The van der Waals surface area contributed by atoms with Crippen LogP contribution in [0.2, 0.25) is 0 Å². The number of nitrogens with two attached hydrogens (primary N) is 2. The lowest BCUT2D eigenvalue weighted by atomic mass is 10.1. The molecule has 0 unspecified atom stereocenters. The van der Waals surface area contributed by atoms with Gasteiger partial charge in [0.25, 0.3) is 5.91 Å². The molecule has 0 saturated carbocycles. The molecule has 5 N–H and O–H groups in total. The molecule has 0 fully saturated rings. The zero-order valence-electron chi connectivity index (χ0n) is 11.3. The summed E-state index contributed by atoms with van der Waals surface area (Å²) in [5.41, 5.74) is 13.5. The third-order valence-corrected chi connectivity index (χ3v) is 3.25. The Bertz CT molecular complexity index is 701. The van der Waals surface area contributed by atoms with Crippen LogP contribution in [0, 0.1) is 0 Å². The van der Waals surface area contributed by atoms with E-state index in [1.807, 2.05) is 18.2 Å². The highest BCUT2D eigenvalue weighted by molar-refractivity contribution is 5.98. The topological polar surface area (TPSA) is 99.6 Å². The molecule has 0 bridgehead atoms. The van der Waals surface area contributed by atoms with Crippen LogP contribution in [0.15, 0.2) is 36.4 Å². The average molecular weight is 285 g/mol. The highest BCUT2D eigenvalue weighted by Gasteiger charge is 2.13. The molecule has 0 saturated heterocycles. The van der Waals surface area contributed by atoms with Gasteiger partial charge in [0, 0.05) is 17.9 Å². The first-order valence-corrected chi connectivity index (χ1v) is 6.45.